The lowest BCUT2D eigenvalue weighted by Gasteiger charge is -2.35. The van der Waals surface area contributed by atoms with Crippen LogP contribution in [0.5, 0.6) is 0 Å². The Kier molecular flexibility index (Phi) is 6.21. The summed E-state index contributed by atoms with van der Waals surface area (Å²) in [5, 5.41) is 8.74. The van der Waals surface area contributed by atoms with Crippen molar-refractivity contribution in [2.24, 2.45) is 0 Å². The van der Waals surface area contributed by atoms with Crippen molar-refractivity contribution in [3.8, 4) is 11.3 Å². The van der Waals surface area contributed by atoms with E-state index in [0.717, 1.165) is 46.7 Å². The number of fused-ring (bicyclic) bond motifs is 1. The molecule has 0 amide bonds. The largest absolute Gasteiger partial charge is 0.427 e. The smallest absolute Gasteiger partial charge is 0.363 e. The number of rotatable bonds is 6. The van der Waals surface area contributed by atoms with E-state index >= 15 is 0 Å². The standard InChI is InChI=1S/C19H22BBrClN5O/c1-28-20-26-9-5-4-6-13(26)11-23-18-10-17(14-7-2-3-8-16(14)22)25-19-15(21)12-24-27(18)19/h2-3,7-8,10,12-13,20,23H,4-6,9,11H2,1H3. The van der Waals surface area contributed by atoms with Crippen molar-refractivity contribution in [3.63, 3.8) is 0 Å². The van der Waals surface area contributed by atoms with Crippen molar-refractivity contribution in [3.05, 3.63) is 46.0 Å². The van der Waals surface area contributed by atoms with E-state index in [1.807, 2.05) is 34.8 Å². The number of anilines is 1. The number of hydrogen-bond donors (Lipinski definition) is 1. The van der Waals surface area contributed by atoms with E-state index in [1.54, 1.807) is 13.3 Å². The van der Waals surface area contributed by atoms with Crippen LogP contribution in [0.3, 0.4) is 0 Å². The summed E-state index contributed by atoms with van der Waals surface area (Å²) in [6, 6.07) is 10.2. The Morgan fingerprint density at radius 3 is 3.04 bits per heavy atom. The predicted octanol–water partition coefficient (Wildman–Crippen LogP) is 3.99. The fourth-order valence-corrected chi connectivity index (χ4v) is 4.30. The van der Waals surface area contributed by atoms with Gasteiger partial charge in [0.25, 0.3) is 0 Å². The highest BCUT2D eigenvalue weighted by Gasteiger charge is 2.23. The number of halogens is 2. The van der Waals surface area contributed by atoms with Crippen molar-refractivity contribution < 1.29 is 4.65 Å². The average Bonchev–Trinajstić information content (AvgIpc) is 3.09. The number of nitrogens with one attached hydrogen (secondary N) is 1. The number of hydrogen-bond acceptors (Lipinski definition) is 5. The van der Waals surface area contributed by atoms with Gasteiger partial charge in [0.1, 0.15) is 5.82 Å². The number of nitrogens with zero attached hydrogens (tertiary/aromatic N) is 4. The molecule has 1 aliphatic heterocycles. The van der Waals surface area contributed by atoms with Crippen molar-refractivity contribution in [1.29, 1.82) is 0 Å². The summed E-state index contributed by atoms with van der Waals surface area (Å²) in [6.45, 7) is 1.89. The maximum atomic E-state index is 6.41. The van der Waals surface area contributed by atoms with Gasteiger partial charge in [-0.15, -0.1) is 0 Å². The van der Waals surface area contributed by atoms with Crippen molar-refractivity contribution in [1.82, 2.24) is 19.4 Å². The first-order chi connectivity index (χ1) is 13.7. The van der Waals surface area contributed by atoms with Gasteiger partial charge in [0.15, 0.2) is 5.65 Å². The molecule has 1 fully saturated rings. The van der Waals surface area contributed by atoms with Gasteiger partial charge in [-0.3, -0.25) is 0 Å². The second-order valence-corrected chi connectivity index (χ2v) is 8.26. The van der Waals surface area contributed by atoms with Crippen LogP contribution < -0.4 is 5.32 Å². The highest BCUT2D eigenvalue weighted by Crippen LogP contribution is 2.30. The fourth-order valence-electron chi connectivity index (χ4n) is 3.72. The van der Waals surface area contributed by atoms with Gasteiger partial charge in [-0.25, -0.2) is 4.98 Å². The van der Waals surface area contributed by atoms with Gasteiger partial charge in [0, 0.05) is 36.3 Å². The van der Waals surface area contributed by atoms with Crippen LogP contribution in [0, 0.1) is 0 Å². The molecule has 3 heterocycles. The fraction of sp³-hybridized carbons (Fsp3) is 0.368. The van der Waals surface area contributed by atoms with Gasteiger partial charge in [-0.05, 0) is 41.4 Å². The Bertz CT molecular complexity index is 967. The highest BCUT2D eigenvalue weighted by molar-refractivity contribution is 9.10. The first-order valence-corrected chi connectivity index (χ1v) is 10.6. The molecule has 6 nitrogen and oxygen atoms in total. The third-order valence-electron chi connectivity index (χ3n) is 5.14. The molecule has 9 heteroatoms. The second kappa shape index (κ2) is 8.82. The lowest BCUT2D eigenvalue weighted by Crippen LogP contribution is -2.46. The molecule has 0 spiro atoms. The maximum Gasteiger partial charge on any atom is 0.363 e. The van der Waals surface area contributed by atoms with Gasteiger partial charge in [0.05, 0.1) is 16.4 Å². The molecule has 1 saturated heterocycles. The van der Waals surface area contributed by atoms with Crippen LogP contribution >= 0.6 is 27.5 Å². The van der Waals surface area contributed by atoms with Gasteiger partial charge >= 0.3 is 7.62 Å². The third-order valence-corrected chi connectivity index (χ3v) is 6.03. The molecular weight excluding hydrogens is 440 g/mol. The Hall–Kier alpha value is -1.61. The van der Waals surface area contributed by atoms with Crippen LogP contribution in [0.4, 0.5) is 5.82 Å². The lowest BCUT2D eigenvalue weighted by molar-refractivity contribution is 0.231. The lowest BCUT2D eigenvalue weighted by atomic mass is 9.96. The normalized spacial score (nSPS) is 17.8. The highest BCUT2D eigenvalue weighted by atomic mass is 79.9. The van der Waals surface area contributed by atoms with Crippen LogP contribution in [0.25, 0.3) is 16.9 Å². The number of aromatic nitrogens is 3. The zero-order chi connectivity index (χ0) is 19.5. The van der Waals surface area contributed by atoms with Crippen LogP contribution in [-0.2, 0) is 4.65 Å². The minimum absolute atomic E-state index is 0.430. The molecule has 0 radical (unpaired) electrons. The molecule has 3 aromatic rings. The minimum Gasteiger partial charge on any atom is -0.427 e. The summed E-state index contributed by atoms with van der Waals surface area (Å²) in [4.78, 5) is 7.16. The first-order valence-electron chi connectivity index (χ1n) is 9.43. The monoisotopic (exact) mass is 461 g/mol. The molecule has 4 rings (SSSR count). The van der Waals surface area contributed by atoms with Gasteiger partial charge in [-0.1, -0.05) is 36.2 Å². The van der Waals surface area contributed by atoms with Crippen molar-refractivity contribution in [2.45, 2.75) is 25.3 Å². The van der Waals surface area contributed by atoms with Crippen molar-refractivity contribution >= 4 is 46.6 Å². The Balaban J connectivity index is 1.65. The molecule has 0 saturated carbocycles. The number of piperidine rings is 1. The third kappa shape index (κ3) is 4.05. The van der Waals surface area contributed by atoms with Crippen LogP contribution in [-0.4, -0.2) is 53.3 Å². The SMILES string of the molecule is COBN1CCCCC1CNc1cc(-c2ccccc2Cl)nc2c(Br)cnn12. The van der Waals surface area contributed by atoms with Gasteiger partial charge < -0.3 is 14.8 Å². The average molecular weight is 463 g/mol. The quantitative estimate of drug-likeness (QED) is 0.562. The van der Waals surface area contributed by atoms with E-state index in [4.69, 9.17) is 21.2 Å². The predicted molar refractivity (Wildman–Crippen MR) is 118 cm³/mol. The molecule has 1 atom stereocenters. The van der Waals surface area contributed by atoms with Gasteiger partial charge in [0.2, 0.25) is 0 Å². The molecule has 1 aliphatic rings. The molecule has 1 aromatic carbocycles. The van der Waals surface area contributed by atoms with Crippen molar-refractivity contribution in [2.75, 3.05) is 25.5 Å². The molecule has 0 bridgehead atoms. The molecule has 2 aromatic heterocycles. The maximum absolute atomic E-state index is 6.41. The van der Waals surface area contributed by atoms with Crippen LogP contribution in [0.2, 0.25) is 5.02 Å². The first kappa shape index (κ1) is 19.7. The summed E-state index contributed by atoms with van der Waals surface area (Å²) in [7, 11) is 2.42. The Morgan fingerprint density at radius 1 is 1.36 bits per heavy atom. The summed E-state index contributed by atoms with van der Waals surface area (Å²) in [5.41, 5.74) is 2.48. The molecule has 146 valence electrons. The molecule has 1 unspecified atom stereocenters. The molecule has 0 aliphatic carbocycles. The van der Waals surface area contributed by atoms with E-state index < -0.39 is 0 Å². The topological polar surface area (TPSA) is 54.7 Å². The minimum atomic E-state index is 0.430. The molecule has 1 N–H and O–H groups in total. The Labute approximate surface area is 178 Å². The summed E-state index contributed by atoms with van der Waals surface area (Å²) in [5.74, 6) is 0.897. The zero-order valence-corrected chi connectivity index (χ0v) is 18.1. The summed E-state index contributed by atoms with van der Waals surface area (Å²) in [6.07, 6.45) is 5.39. The van der Waals surface area contributed by atoms with Crippen LogP contribution in [0.1, 0.15) is 19.3 Å². The Morgan fingerprint density at radius 2 is 2.21 bits per heavy atom. The number of benzene rings is 1. The van der Waals surface area contributed by atoms with E-state index in [9.17, 15) is 0 Å². The van der Waals surface area contributed by atoms with E-state index in [1.165, 1.54) is 12.8 Å². The van der Waals surface area contributed by atoms with Gasteiger partial charge in [-0.2, -0.15) is 9.61 Å². The van der Waals surface area contributed by atoms with E-state index in [0.29, 0.717) is 18.7 Å². The van der Waals surface area contributed by atoms with Crippen LogP contribution in [0.15, 0.2) is 41.0 Å². The van der Waals surface area contributed by atoms with E-state index in [-0.39, 0.29) is 0 Å². The molecule has 28 heavy (non-hydrogen) atoms. The second-order valence-electron chi connectivity index (χ2n) is 7.00. The zero-order valence-electron chi connectivity index (χ0n) is 15.7. The molecular formula is C19H22BBrClN5O. The summed E-state index contributed by atoms with van der Waals surface area (Å²) < 4.78 is 8.05. The summed E-state index contributed by atoms with van der Waals surface area (Å²) >= 11 is 9.97. The van der Waals surface area contributed by atoms with E-state index in [2.05, 4.69) is 31.2 Å².